The summed E-state index contributed by atoms with van der Waals surface area (Å²) in [6.45, 7) is 7.36. The van der Waals surface area contributed by atoms with Crippen LogP contribution in [-0.4, -0.2) is 48.1 Å². The van der Waals surface area contributed by atoms with E-state index in [1.807, 2.05) is 6.08 Å². The standard InChI is InChI=1S/C12H22N2S/c1-2-7-14(12-3-4-12)8-5-11-10-15-9-6-13-11/h2,11-13H,1,3-10H2. The Hall–Kier alpha value is 0.01000. The molecule has 2 fully saturated rings. The van der Waals surface area contributed by atoms with Crippen LogP contribution in [0.1, 0.15) is 19.3 Å². The monoisotopic (exact) mass is 226 g/mol. The van der Waals surface area contributed by atoms with Crippen molar-refractivity contribution in [2.75, 3.05) is 31.1 Å². The first-order valence-corrected chi connectivity index (χ1v) is 7.21. The predicted molar refractivity (Wildman–Crippen MR) is 68.5 cm³/mol. The van der Waals surface area contributed by atoms with E-state index in [0.29, 0.717) is 0 Å². The molecule has 3 heteroatoms. The van der Waals surface area contributed by atoms with Crippen LogP contribution in [0.4, 0.5) is 0 Å². The fourth-order valence-electron chi connectivity index (χ4n) is 2.16. The molecule has 0 spiro atoms. The molecule has 1 N–H and O–H groups in total. The van der Waals surface area contributed by atoms with Crippen molar-refractivity contribution in [3.8, 4) is 0 Å². The lowest BCUT2D eigenvalue weighted by atomic mass is 10.2. The minimum absolute atomic E-state index is 0.745. The van der Waals surface area contributed by atoms with Gasteiger partial charge in [0.05, 0.1) is 0 Å². The lowest BCUT2D eigenvalue weighted by molar-refractivity contribution is 0.275. The molecule has 1 heterocycles. The van der Waals surface area contributed by atoms with Crippen molar-refractivity contribution < 1.29 is 0 Å². The Morgan fingerprint density at radius 3 is 2.93 bits per heavy atom. The number of hydrogen-bond acceptors (Lipinski definition) is 3. The fourth-order valence-corrected chi connectivity index (χ4v) is 3.15. The maximum Gasteiger partial charge on any atom is 0.0170 e. The van der Waals surface area contributed by atoms with E-state index < -0.39 is 0 Å². The molecule has 2 nitrogen and oxygen atoms in total. The molecule has 0 aromatic heterocycles. The Balaban J connectivity index is 1.67. The molecule has 0 radical (unpaired) electrons. The zero-order valence-electron chi connectivity index (χ0n) is 9.45. The van der Waals surface area contributed by atoms with Crippen LogP contribution >= 0.6 is 11.8 Å². The lowest BCUT2D eigenvalue weighted by Gasteiger charge is -2.27. The Morgan fingerprint density at radius 1 is 1.47 bits per heavy atom. The highest BCUT2D eigenvalue weighted by Crippen LogP contribution is 2.27. The number of rotatable bonds is 6. The van der Waals surface area contributed by atoms with Gasteiger partial charge in [0.1, 0.15) is 0 Å². The highest BCUT2D eigenvalue weighted by atomic mass is 32.2. The third-order valence-electron chi connectivity index (χ3n) is 3.19. The minimum Gasteiger partial charge on any atom is -0.312 e. The summed E-state index contributed by atoms with van der Waals surface area (Å²) in [5.74, 6) is 2.59. The summed E-state index contributed by atoms with van der Waals surface area (Å²) in [5, 5.41) is 3.60. The average molecular weight is 226 g/mol. The second kappa shape index (κ2) is 5.92. The van der Waals surface area contributed by atoms with E-state index in [4.69, 9.17) is 0 Å². The van der Waals surface area contributed by atoms with E-state index in [1.165, 1.54) is 43.9 Å². The molecule has 1 atom stereocenters. The normalized spacial score (nSPS) is 26.9. The molecule has 1 unspecified atom stereocenters. The quantitative estimate of drug-likeness (QED) is 0.695. The van der Waals surface area contributed by atoms with Crippen LogP contribution in [0.25, 0.3) is 0 Å². The first-order valence-electron chi connectivity index (χ1n) is 6.06. The SMILES string of the molecule is C=CCN(CCC1CSCCN1)C1CC1. The van der Waals surface area contributed by atoms with Gasteiger partial charge in [-0.3, -0.25) is 4.90 Å². The van der Waals surface area contributed by atoms with Gasteiger partial charge < -0.3 is 5.32 Å². The van der Waals surface area contributed by atoms with Crippen molar-refractivity contribution in [2.45, 2.75) is 31.3 Å². The third kappa shape index (κ3) is 3.82. The Labute approximate surface area is 97.5 Å². The molecule has 1 aliphatic carbocycles. The van der Waals surface area contributed by atoms with E-state index in [1.54, 1.807) is 0 Å². The average Bonchev–Trinajstić information content (AvgIpc) is 3.09. The lowest BCUT2D eigenvalue weighted by Crippen LogP contribution is -2.40. The molecule has 0 aromatic rings. The second-order valence-corrected chi connectivity index (χ2v) is 5.68. The maximum absolute atomic E-state index is 3.84. The molecule has 2 rings (SSSR count). The van der Waals surface area contributed by atoms with Crippen molar-refractivity contribution in [3.05, 3.63) is 12.7 Å². The van der Waals surface area contributed by atoms with Gasteiger partial charge in [-0.1, -0.05) is 6.08 Å². The summed E-state index contributed by atoms with van der Waals surface area (Å²) in [6.07, 6.45) is 6.15. The topological polar surface area (TPSA) is 15.3 Å². The molecule has 1 aliphatic heterocycles. The first kappa shape index (κ1) is 11.5. The van der Waals surface area contributed by atoms with Crippen molar-refractivity contribution in [3.63, 3.8) is 0 Å². The van der Waals surface area contributed by atoms with Gasteiger partial charge in [-0.2, -0.15) is 11.8 Å². The van der Waals surface area contributed by atoms with Crippen LogP contribution in [0.5, 0.6) is 0 Å². The van der Waals surface area contributed by atoms with Crippen LogP contribution in [0.3, 0.4) is 0 Å². The molecule has 15 heavy (non-hydrogen) atoms. The van der Waals surface area contributed by atoms with Gasteiger partial charge in [-0.15, -0.1) is 6.58 Å². The molecule has 0 aromatic carbocycles. The van der Waals surface area contributed by atoms with Crippen molar-refractivity contribution in [1.82, 2.24) is 10.2 Å². The number of nitrogens with one attached hydrogen (secondary N) is 1. The van der Waals surface area contributed by atoms with E-state index in [-0.39, 0.29) is 0 Å². The summed E-state index contributed by atoms with van der Waals surface area (Å²) in [6, 6.07) is 1.62. The van der Waals surface area contributed by atoms with Crippen LogP contribution in [-0.2, 0) is 0 Å². The molecule has 2 aliphatic rings. The van der Waals surface area contributed by atoms with Gasteiger partial charge in [0.15, 0.2) is 0 Å². The van der Waals surface area contributed by atoms with Gasteiger partial charge in [-0.05, 0) is 19.3 Å². The van der Waals surface area contributed by atoms with Crippen LogP contribution in [0.15, 0.2) is 12.7 Å². The van der Waals surface area contributed by atoms with Gasteiger partial charge in [0, 0.05) is 43.2 Å². The van der Waals surface area contributed by atoms with Gasteiger partial charge in [-0.25, -0.2) is 0 Å². The molecular weight excluding hydrogens is 204 g/mol. The zero-order chi connectivity index (χ0) is 10.5. The summed E-state index contributed by atoms with van der Waals surface area (Å²) in [5.41, 5.74) is 0. The van der Waals surface area contributed by atoms with Crippen molar-refractivity contribution in [2.24, 2.45) is 0 Å². The third-order valence-corrected chi connectivity index (χ3v) is 4.32. The van der Waals surface area contributed by atoms with Crippen LogP contribution in [0.2, 0.25) is 0 Å². The van der Waals surface area contributed by atoms with Gasteiger partial charge >= 0.3 is 0 Å². The maximum atomic E-state index is 3.84. The van der Waals surface area contributed by atoms with Crippen molar-refractivity contribution in [1.29, 1.82) is 0 Å². The minimum atomic E-state index is 0.745. The predicted octanol–water partition coefficient (Wildman–Crippen LogP) is 1.73. The largest absolute Gasteiger partial charge is 0.312 e. The summed E-state index contributed by atoms with van der Waals surface area (Å²) < 4.78 is 0. The Kier molecular flexibility index (Phi) is 4.54. The summed E-state index contributed by atoms with van der Waals surface area (Å²) in [4.78, 5) is 2.59. The summed E-state index contributed by atoms with van der Waals surface area (Å²) >= 11 is 2.09. The summed E-state index contributed by atoms with van der Waals surface area (Å²) in [7, 11) is 0. The van der Waals surface area contributed by atoms with Crippen molar-refractivity contribution >= 4 is 11.8 Å². The fraction of sp³-hybridized carbons (Fsp3) is 0.833. The molecule has 0 amide bonds. The molecule has 1 saturated carbocycles. The number of nitrogens with zero attached hydrogens (tertiary/aromatic N) is 1. The molecule has 0 bridgehead atoms. The van der Waals surface area contributed by atoms with Crippen LogP contribution in [0, 0.1) is 0 Å². The molecule has 86 valence electrons. The van der Waals surface area contributed by atoms with Crippen LogP contribution < -0.4 is 5.32 Å². The number of hydrogen-bond donors (Lipinski definition) is 1. The second-order valence-electron chi connectivity index (χ2n) is 4.53. The Morgan fingerprint density at radius 2 is 2.33 bits per heavy atom. The Bertz CT molecular complexity index is 198. The van der Waals surface area contributed by atoms with E-state index >= 15 is 0 Å². The smallest absolute Gasteiger partial charge is 0.0170 e. The van der Waals surface area contributed by atoms with Gasteiger partial charge in [0.2, 0.25) is 0 Å². The first-order chi connectivity index (χ1) is 7.40. The highest BCUT2D eigenvalue weighted by molar-refractivity contribution is 7.99. The van der Waals surface area contributed by atoms with E-state index in [2.05, 4.69) is 28.6 Å². The highest BCUT2D eigenvalue weighted by Gasteiger charge is 2.28. The number of thioether (sulfide) groups is 1. The zero-order valence-corrected chi connectivity index (χ0v) is 10.3. The van der Waals surface area contributed by atoms with E-state index in [0.717, 1.165) is 18.6 Å². The van der Waals surface area contributed by atoms with Gasteiger partial charge in [0.25, 0.3) is 0 Å². The van der Waals surface area contributed by atoms with E-state index in [9.17, 15) is 0 Å². The molecule has 1 saturated heterocycles. The molecular formula is C12H22N2S.